The molecule has 0 amide bonds. The van der Waals surface area contributed by atoms with Crippen LogP contribution in [0.1, 0.15) is 27.6 Å². The summed E-state index contributed by atoms with van der Waals surface area (Å²) in [6, 6.07) is 21.8. The summed E-state index contributed by atoms with van der Waals surface area (Å²) in [5, 5.41) is 2.22. The average molecular weight is 260 g/mol. The standard InChI is InChI=1S/C18H12O2/c19-18-15-11-10-12-6-4-5-9-14(12)16(15)17(20-18)13-7-2-1-3-8-13/h1-11,17H. The molecule has 96 valence electrons. The number of ether oxygens (including phenoxy) is 1. The van der Waals surface area contributed by atoms with Crippen LogP contribution in [-0.2, 0) is 4.74 Å². The molecule has 1 aliphatic heterocycles. The van der Waals surface area contributed by atoms with Crippen molar-refractivity contribution in [1.82, 2.24) is 0 Å². The van der Waals surface area contributed by atoms with Gasteiger partial charge in [0.05, 0.1) is 5.56 Å². The van der Waals surface area contributed by atoms with Crippen molar-refractivity contribution in [2.45, 2.75) is 6.10 Å². The summed E-state index contributed by atoms with van der Waals surface area (Å²) >= 11 is 0. The first-order valence-corrected chi connectivity index (χ1v) is 6.62. The second-order valence-electron chi connectivity index (χ2n) is 4.94. The van der Waals surface area contributed by atoms with Gasteiger partial charge in [-0.3, -0.25) is 0 Å². The minimum absolute atomic E-state index is 0.236. The number of rotatable bonds is 1. The minimum atomic E-state index is -0.301. The predicted molar refractivity (Wildman–Crippen MR) is 77.6 cm³/mol. The minimum Gasteiger partial charge on any atom is -0.449 e. The molecule has 0 N–H and O–H groups in total. The maximum atomic E-state index is 12.1. The zero-order valence-electron chi connectivity index (χ0n) is 10.7. The molecule has 1 unspecified atom stereocenters. The fourth-order valence-corrected chi connectivity index (χ4v) is 2.85. The van der Waals surface area contributed by atoms with E-state index in [9.17, 15) is 4.79 Å². The van der Waals surface area contributed by atoms with Crippen LogP contribution in [0.5, 0.6) is 0 Å². The van der Waals surface area contributed by atoms with E-state index in [2.05, 4.69) is 6.07 Å². The quantitative estimate of drug-likeness (QED) is 0.616. The summed E-state index contributed by atoms with van der Waals surface area (Å²) in [5.41, 5.74) is 2.67. The Labute approximate surface area is 116 Å². The molecule has 1 atom stereocenters. The molecule has 0 bridgehead atoms. The van der Waals surface area contributed by atoms with E-state index < -0.39 is 0 Å². The summed E-state index contributed by atoms with van der Waals surface area (Å²) in [6.07, 6.45) is -0.301. The highest BCUT2D eigenvalue weighted by molar-refractivity contribution is 6.02. The zero-order valence-corrected chi connectivity index (χ0v) is 10.7. The van der Waals surface area contributed by atoms with E-state index in [0.29, 0.717) is 5.56 Å². The van der Waals surface area contributed by atoms with E-state index >= 15 is 0 Å². The maximum absolute atomic E-state index is 12.1. The number of hydrogen-bond donors (Lipinski definition) is 0. The van der Waals surface area contributed by atoms with Crippen LogP contribution in [-0.4, -0.2) is 5.97 Å². The molecule has 0 aliphatic carbocycles. The van der Waals surface area contributed by atoms with Gasteiger partial charge in [-0.05, 0) is 22.4 Å². The van der Waals surface area contributed by atoms with Crippen LogP contribution in [0.3, 0.4) is 0 Å². The lowest BCUT2D eigenvalue weighted by Crippen LogP contribution is -2.00. The molecule has 2 nitrogen and oxygen atoms in total. The lowest BCUT2D eigenvalue weighted by molar-refractivity contribution is 0.0457. The van der Waals surface area contributed by atoms with Crippen molar-refractivity contribution in [3.8, 4) is 0 Å². The molecule has 20 heavy (non-hydrogen) atoms. The number of carbonyl (C=O) groups excluding carboxylic acids is 1. The third-order valence-electron chi connectivity index (χ3n) is 3.78. The lowest BCUT2D eigenvalue weighted by atomic mass is 9.93. The van der Waals surface area contributed by atoms with E-state index in [1.165, 1.54) is 0 Å². The van der Waals surface area contributed by atoms with Gasteiger partial charge < -0.3 is 4.74 Å². The van der Waals surface area contributed by atoms with E-state index in [1.54, 1.807) is 0 Å². The molecule has 1 aliphatic rings. The third kappa shape index (κ3) is 1.55. The number of cyclic esters (lactones) is 1. The molecule has 1 heterocycles. The maximum Gasteiger partial charge on any atom is 0.339 e. The second kappa shape index (κ2) is 4.20. The van der Waals surface area contributed by atoms with Crippen molar-refractivity contribution < 1.29 is 9.53 Å². The van der Waals surface area contributed by atoms with Crippen LogP contribution < -0.4 is 0 Å². The van der Waals surface area contributed by atoms with Crippen molar-refractivity contribution in [2.75, 3.05) is 0 Å². The van der Waals surface area contributed by atoms with E-state index in [-0.39, 0.29) is 12.1 Å². The van der Waals surface area contributed by atoms with Gasteiger partial charge in [-0.25, -0.2) is 4.79 Å². The zero-order chi connectivity index (χ0) is 13.5. The summed E-state index contributed by atoms with van der Waals surface area (Å²) in [7, 11) is 0. The topological polar surface area (TPSA) is 26.3 Å². The van der Waals surface area contributed by atoms with Crippen LogP contribution in [0, 0.1) is 0 Å². The molecule has 3 aromatic rings. The Morgan fingerprint density at radius 3 is 2.40 bits per heavy atom. The van der Waals surface area contributed by atoms with Gasteiger partial charge >= 0.3 is 5.97 Å². The Balaban J connectivity index is 2.01. The number of fused-ring (bicyclic) bond motifs is 3. The molecule has 0 saturated heterocycles. The summed E-state index contributed by atoms with van der Waals surface area (Å²) in [5.74, 6) is -0.236. The highest BCUT2D eigenvalue weighted by Crippen LogP contribution is 2.40. The van der Waals surface area contributed by atoms with E-state index in [4.69, 9.17) is 4.74 Å². The average Bonchev–Trinajstić information content (AvgIpc) is 2.86. The van der Waals surface area contributed by atoms with Crippen LogP contribution in [0.2, 0.25) is 0 Å². The number of hydrogen-bond acceptors (Lipinski definition) is 2. The van der Waals surface area contributed by atoms with Crippen LogP contribution in [0.25, 0.3) is 10.8 Å². The molecule has 0 aromatic heterocycles. The first-order chi connectivity index (χ1) is 9.84. The normalized spacial score (nSPS) is 17.0. The Morgan fingerprint density at radius 1 is 0.800 bits per heavy atom. The van der Waals surface area contributed by atoms with Crippen LogP contribution in [0.4, 0.5) is 0 Å². The molecule has 3 aromatic carbocycles. The number of carbonyl (C=O) groups is 1. The van der Waals surface area contributed by atoms with Gasteiger partial charge in [0.1, 0.15) is 0 Å². The molecule has 0 spiro atoms. The molecule has 0 saturated carbocycles. The Bertz CT molecular complexity index is 806. The van der Waals surface area contributed by atoms with Crippen molar-refractivity contribution >= 4 is 16.7 Å². The van der Waals surface area contributed by atoms with Gasteiger partial charge in [-0.15, -0.1) is 0 Å². The number of esters is 1. The van der Waals surface area contributed by atoms with Crippen molar-refractivity contribution in [2.24, 2.45) is 0 Å². The highest BCUT2D eigenvalue weighted by Gasteiger charge is 2.33. The molecule has 4 rings (SSSR count). The van der Waals surface area contributed by atoms with Crippen molar-refractivity contribution in [1.29, 1.82) is 0 Å². The van der Waals surface area contributed by atoms with Crippen LogP contribution >= 0.6 is 0 Å². The Hall–Kier alpha value is -2.61. The molecule has 0 fully saturated rings. The molecular weight excluding hydrogens is 248 g/mol. The van der Waals surface area contributed by atoms with Gasteiger partial charge in [-0.2, -0.15) is 0 Å². The van der Waals surface area contributed by atoms with Crippen molar-refractivity contribution in [3.63, 3.8) is 0 Å². The SMILES string of the molecule is O=C1OC(c2ccccc2)c2c1ccc1ccccc21. The Kier molecular flexibility index (Phi) is 2.36. The van der Waals surface area contributed by atoms with Gasteiger partial charge in [0.25, 0.3) is 0 Å². The monoisotopic (exact) mass is 260 g/mol. The Morgan fingerprint density at radius 2 is 1.55 bits per heavy atom. The van der Waals surface area contributed by atoms with Gasteiger partial charge in [0.15, 0.2) is 6.10 Å². The van der Waals surface area contributed by atoms with Gasteiger partial charge in [-0.1, -0.05) is 60.7 Å². The molecular formula is C18H12O2. The summed E-state index contributed by atoms with van der Waals surface area (Å²) in [4.78, 5) is 12.1. The predicted octanol–water partition coefficient (Wildman–Crippen LogP) is 4.10. The smallest absolute Gasteiger partial charge is 0.339 e. The first-order valence-electron chi connectivity index (χ1n) is 6.62. The van der Waals surface area contributed by atoms with E-state index in [0.717, 1.165) is 21.9 Å². The summed E-state index contributed by atoms with van der Waals surface area (Å²) in [6.45, 7) is 0. The third-order valence-corrected chi connectivity index (χ3v) is 3.78. The first kappa shape index (κ1) is 11.2. The molecule has 0 radical (unpaired) electrons. The lowest BCUT2D eigenvalue weighted by Gasteiger charge is -2.12. The second-order valence-corrected chi connectivity index (χ2v) is 4.94. The molecule has 2 heteroatoms. The van der Waals surface area contributed by atoms with Gasteiger partial charge in [0, 0.05) is 5.56 Å². The van der Waals surface area contributed by atoms with E-state index in [1.807, 2.05) is 60.7 Å². The van der Waals surface area contributed by atoms with Gasteiger partial charge in [0.2, 0.25) is 0 Å². The van der Waals surface area contributed by atoms with Crippen LogP contribution in [0.15, 0.2) is 66.7 Å². The number of benzene rings is 3. The highest BCUT2D eigenvalue weighted by atomic mass is 16.5. The largest absolute Gasteiger partial charge is 0.449 e. The summed E-state index contributed by atoms with van der Waals surface area (Å²) < 4.78 is 5.59. The fraction of sp³-hybridized carbons (Fsp3) is 0.0556. The fourth-order valence-electron chi connectivity index (χ4n) is 2.85. The van der Waals surface area contributed by atoms with Crippen molar-refractivity contribution in [3.05, 3.63) is 83.4 Å².